The lowest BCUT2D eigenvalue weighted by Crippen LogP contribution is -2.45. The van der Waals surface area contributed by atoms with Crippen LogP contribution in [0.25, 0.3) is 49.8 Å². The Hall–Kier alpha value is -5.38. The number of fused-ring (bicyclic) bond motifs is 3. The first-order valence-corrected chi connectivity index (χ1v) is 15.6. The molecule has 218 valence electrons. The number of hydrogen-bond acceptors (Lipinski definition) is 2. The van der Waals surface area contributed by atoms with Gasteiger partial charge in [-0.2, -0.15) is 0 Å². The molecule has 0 saturated carbocycles. The topological polar surface area (TPSA) is 11.4 Å². The molecule has 0 aliphatic carbocycles. The molecule has 0 radical (unpaired) electrons. The molecule has 3 nitrogen and oxygen atoms in total. The van der Waals surface area contributed by atoms with Crippen molar-refractivity contribution in [2.75, 3.05) is 14.1 Å². The van der Waals surface area contributed by atoms with Crippen molar-refractivity contribution in [1.29, 1.82) is 0 Å². The van der Waals surface area contributed by atoms with Crippen molar-refractivity contribution < 1.29 is 0 Å². The van der Waals surface area contributed by atoms with Gasteiger partial charge in [-0.25, -0.2) is 0 Å². The summed E-state index contributed by atoms with van der Waals surface area (Å²) in [5.74, 6) is 0. The maximum absolute atomic E-state index is 2.52. The molecule has 7 aromatic rings. The van der Waals surface area contributed by atoms with Crippen LogP contribution >= 0.6 is 0 Å². The molecule has 1 aliphatic rings. The first-order chi connectivity index (χ1) is 22.2. The van der Waals surface area contributed by atoms with Crippen LogP contribution in [0.5, 0.6) is 0 Å². The molecule has 0 amide bonds. The average Bonchev–Trinajstić information content (AvgIpc) is 3.44. The molecular weight excluding hydrogens is 546 g/mol. The van der Waals surface area contributed by atoms with Crippen molar-refractivity contribution in [3.05, 3.63) is 175 Å². The lowest BCUT2D eigenvalue weighted by atomic mass is 9.95. The molecule has 0 saturated heterocycles. The third-order valence-corrected chi connectivity index (χ3v) is 9.34. The largest absolute Gasteiger partial charge is 0.341 e. The normalized spacial score (nSPS) is 17.1. The maximum atomic E-state index is 2.52. The number of para-hydroxylation sites is 2. The van der Waals surface area contributed by atoms with E-state index in [2.05, 4.69) is 192 Å². The Balaban J connectivity index is 1.27. The zero-order chi connectivity index (χ0) is 30.3. The van der Waals surface area contributed by atoms with Crippen LogP contribution in [0.3, 0.4) is 0 Å². The minimum atomic E-state index is -0.0533. The van der Waals surface area contributed by atoms with E-state index < -0.39 is 0 Å². The first-order valence-electron chi connectivity index (χ1n) is 15.6. The van der Waals surface area contributed by atoms with Gasteiger partial charge in [0, 0.05) is 23.5 Å². The summed E-state index contributed by atoms with van der Waals surface area (Å²) < 4.78 is 2.52. The van der Waals surface area contributed by atoms with Crippen molar-refractivity contribution in [3.63, 3.8) is 0 Å². The number of nitrogens with zero attached hydrogens (tertiary/aromatic N) is 3. The predicted octanol–water partition coefficient (Wildman–Crippen LogP) is 10.2. The summed E-state index contributed by atoms with van der Waals surface area (Å²) in [7, 11) is 4.49. The zero-order valence-corrected chi connectivity index (χ0v) is 25.6. The Morgan fingerprint density at radius 2 is 0.844 bits per heavy atom. The Kier molecular flexibility index (Phi) is 6.81. The van der Waals surface area contributed by atoms with Crippen LogP contribution in [0.1, 0.15) is 23.5 Å². The average molecular weight is 582 g/mol. The molecule has 3 heteroatoms. The number of benzene rings is 6. The van der Waals surface area contributed by atoms with Gasteiger partial charge in [0.1, 0.15) is 0 Å². The first kappa shape index (κ1) is 27.2. The van der Waals surface area contributed by atoms with Crippen molar-refractivity contribution >= 4 is 27.5 Å². The van der Waals surface area contributed by atoms with E-state index in [0.29, 0.717) is 0 Å². The molecule has 45 heavy (non-hydrogen) atoms. The van der Waals surface area contributed by atoms with Gasteiger partial charge in [0.25, 0.3) is 0 Å². The van der Waals surface area contributed by atoms with Crippen molar-refractivity contribution in [3.8, 4) is 22.3 Å². The van der Waals surface area contributed by atoms with Gasteiger partial charge in [0.15, 0.2) is 6.29 Å². The fourth-order valence-corrected chi connectivity index (χ4v) is 7.08. The molecule has 8 rings (SSSR count). The molecule has 0 bridgehead atoms. The van der Waals surface area contributed by atoms with Crippen LogP contribution in [0.15, 0.2) is 164 Å². The van der Waals surface area contributed by atoms with Gasteiger partial charge < -0.3 is 9.47 Å². The number of likely N-dealkylation sites (N-methyl/N-ethyl adjacent to an activating group) is 1. The molecule has 2 unspecified atom stereocenters. The molecular formula is C42H35N3. The summed E-state index contributed by atoms with van der Waals surface area (Å²) >= 11 is 0. The SMILES string of the molecule is CN1C(c2ccc(-c3ccccc3)cc2)=CC(c2ccc(-c3ccccc3)cc2)N(C)C1n1c2ccccc2c2ccccc21. The Morgan fingerprint density at radius 1 is 0.422 bits per heavy atom. The second-order valence-electron chi connectivity index (χ2n) is 12.0. The van der Waals surface area contributed by atoms with Crippen molar-refractivity contribution in [2.24, 2.45) is 0 Å². The maximum Gasteiger partial charge on any atom is 0.165 e. The Morgan fingerprint density at radius 3 is 1.38 bits per heavy atom. The van der Waals surface area contributed by atoms with E-state index in [-0.39, 0.29) is 12.3 Å². The second kappa shape index (κ2) is 11.3. The highest BCUT2D eigenvalue weighted by atomic mass is 15.5. The van der Waals surface area contributed by atoms with E-state index in [1.54, 1.807) is 0 Å². The summed E-state index contributed by atoms with van der Waals surface area (Å²) in [4.78, 5) is 4.93. The number of aromatic nitrogens is 1. The van der Waals surface area contributed by atoms with Gasteiger partial charge in [-0.3, -0.25) is 4.90 Å². The molecule has 2 atom stereocenters. The zero-order valence-electron chi connectivity index (χ0n) is 25.6. The summed E-state index contributed by atoms with van der Waals surface area (Å²) in [6, 6.07) is 57.0. The highest BCUT2D eigenvalue weighted by molar-refractivity contribution is 6.08. The van der Waals surface area contributed by atoms with Gasteiger partial charge in [-0.15, -0.1) is 0 Å². The fourth-order valence-electron chi connectivity index (χ4n) is 7.08. The summed E-state index contributed by atoms with van der Waals surface area (Å²) in [6.07, 6.45) is 2.38. The lowest BCUT2D eigenvalue weighted by molar-refractivity contribution is 0.0364. The molecule has 6 aromatic carbocycles. The summed E-state index contributed by atoms with van der Waals surface area (Å²) in [6.45, 7) is 0. The third-order valence-electron chi connectivity index (χ3n) is 9.34. The highest BCUT2D eigenvalue weighted by Gasteiger charge is 2.35. The monoisotopic (exact) mass is 581 g/mol. The third kappa shape index (κ3) is 4.73. The van der Waals surface area contributed by atoms with Crippen LogP contribution in [0, 0.1) is 0 Å². The van der Waals surface area contributed by atoms with E-state index in [1.165, 1.54) is 60.9 Å². The standard InChI is InChI=1S/C42H35N3/c1-43-40(34-25-21-32(22-26-34)30-13-5-3-6-14-30)29-41(35-27-23-33(24-28-35)31-15-7-4-8-16-31)44(2)42(43)45-38-19-11-9-17-36(38)37-18-10-12-20-39(37)45/h3-29,40,42H,1-2H3. The van der Waals surface area contributed by atoms with E-state index in [1.807, 2.05) is 0 Å². The lowest BCUT2D eigenvalue weighted by Gasteiger charge is -2.46. The minimum absolute atomic E-state index is 0.0533. The van der Waals surface area contributed by atoms with E-state index in [4.69, 9.17) is 0 Å². The molecule has 0 spiro atoms. The van der Waals surface area contributed by atoms with Crippen LogP contribution < -0.4 is 0 Å². The number of hydrogen-bond donors (Lipinski definition) is 0. The van der Waals surface area contributed by atoms with E-state index in [0.717, 1.165) is 0 Å². The molecule has 0 N–H and O–H groups in total. The quantitative estimate of drug-likeness (QED) is 0.200. The van der Waals surface area contributed by atoms with Crippen molar-refractivity contribution in [1.82, 2.24) is 14.4 Å². The van der Waals surface area contributed by atoms with Crippen LogP contribution in [0.4, 0.5) is 0 Å². The van der Waals surface area contributed by atoms with E-state index in [9.17, 15) is 0 Å². The van der Waals surface area contributed by atoms with Crippen LogP contribution in [-0.2, 0) is 0 Å². The fraction of sp³-hybridized carbons (Fsp3) is 0.0952. The smallest absolute Gasteiger partial charge is 0.165 e. The van der Waals surface area contributed by atoms with E-state index >= 15 is 0 Å². The highest BCUT2D eigenvalue weighted by Crippen LogP contribution is 2.44. The van der Waals surface area contributed by atoms with Gasteiger partial charge in [-0.05, 0) is 58.6 Å². The van der Waals surface area contributed by atoms with Gasteiger partial charge in [-0.1, -0.05) is 146 Å². The Bertz CT molecular complexity index is 2070. The predicted molar refractivity (Wildman–Crippen MR) is 188 cm³/mol. The van der Waals surface area contributed by atoms with Crippen LogP contribution in [0.2, 0.25) is 0 Å². The minimum Gasteiger partial charge on any atom is -0.341 e. The molecule has 2 heterocycles. The van der Waals surface area contributed by atoms with Crippen molar-refractivity contribution in [2.45, 2.75) is 12.3 Å². The van der Waals surface area contributed by atoms with Gasteiger partial charge >= 0.3 is 0 Å². The van der Waals surface area contributed by atoms with Gasteiger partial charge in [0.05, 0.1) is 17.1 Å². The van der Waals surface area contributed by atoms with Gasteiger partial charge in [0.2, 0.25) is 0 Å². The number of rotatable bonds is 5. The molecule has 0 fully saturated rings. The summed E-state index contributed by atoms with van der Waals surface area (Å²) in [5.41, 5.74) is 11.1. The Labute approximate surface area is 264 Å². The second-order valence-corrected chi connectivity index (χ2v) is 12.0. The molecule has 1 aromatic heterocycles. The van der Waals surface area contributed by atoms with Crippen LogP contribution in [-0.4, -0.2) is 28.5 Å². The molecule has 1 aliphatic heterocycles. The summed E-state index contributed by atoms with van der Waals surface area (Å²) in [5, 5.41) is 2.56.